The van der Waals surface area contributed by atoms with E-state index >= 15 is 0 Å². The Hall–Kier alpha value is -7.11. The molecule has 23 heteroatoms. The number of rotatable bonds is 40. The second-order valence-electron chi connectivity index (χ2n) is 28.4. The number of ether oxygens (including phenoxy) is 3. The molecule has 2 aromatic carbocycles. The summed E-state index contributed by atoms with van der Waals surface area (Å²) in [7, 11) is 6.71. The number of amides is 9. The first kappa shape index (κ1) is 89.0. The van der Waals surface area contributed by atoms with E-state index in [2.05, 4.69) is 36.7 Å². The average Bonchev–Trinajstić information content (AvgIpc) is 1.08. The second-order valence-corrected chi connectivity index (χ2v) is 28.4. The van der Waals surface area contributed by atoms with Gasteiger partial charge in [0.25, 0.3) is 0 Å². The Kier molecular flexibility index (Phi) is 40.7. The number of anilines is 1. The highest BCUT2D eigenvalue weighted by molar-refractivity contribution is 6.03. The van der Waals surface area contributed by atoms with Crippen molar-refractivity contribution in [3.8, 4) is 0 Å². The van der Waals surface area contributed by atoms with Crippen LogP contribution in [0.15, 0.2) is 54.6 Å². The third kappa shape index (κ3) is 28.4. The standard InChI is InChI=1S/C30H45N5O6.C25H48N2O5.C22H33NO4/c1-19(2)27(34-25(37)10-6-5-7-16-35-26(38)17-21(4)29(35)40)24(36)18-22(9-8-15-32-30(31)41)28(39)33-23-13-11-20(3)12-14-23;1-12-18(8)23(21(13-2)31-11)26(9)24(29)19(16(4)5)15-20(28)22(17(6)7)27(10)25(30)32-14-3;1-5-20(25)23-13-9-12-18(23)22(27-4)16(3)19(24)14-15(2)21(26)17-10-7-6-8-11-17/h11-14,19,21-22,27H,5-10,15-18H2,1-4H3,(H,33,39)(H,34,37)(H3,31,32,41);16-19,21-23H,12-15H2,1-11H3;6-8,10-11,15-16,18,21-22,26H,5,9,12-14H2,1-4H3/t21?,22-,27+;18-,19-,21+,22-,23-;15-,16-,18-,21+,22+/m100/s1. The van der Waals surface area contributed by atoms with E-state index in [1.54, 1.807) is 52.1 Å². The second kappa shape index (κ2) is 45.7. The number of ketones is 3. The highest BCUT2D eigenvalue weighted by Gasteiger charge is 2.42. The number of nitrogens with one attached hydrogen (secondary N) is 3. The molecule has 2 aromatic rings. The number of likely N-dealkylation sites (N-methyl/N-ethyl adjacent to an activating group) is 2. The highest BCUT2D eigenvalue weighted by atomic mass is 16.6. The Bertz CT molecular complexity index is 2890. The van der Waals surface area contributed by atoms with Crippen LogP contribution in [0.2, 0.25) is 0 Å². The highest BCUT2D eigenvalue weighted by Crippen LogP contribution is 2.32. The number of aliphatic hydroxyl groups excluding tert-OH is 1. The zero-order valence-electron chi connectivity index (χ0n) is 63.9. The molecule has 2 fully saturated rings. The fraction of sp³-hybridized carbons (Fsp3) is 0.701. The molecule has 2 heterocycles. The third-order valence-electron chi connectivity index (χ3n) is 19.6. The van der Waals surface area contributed by atoms with Crippen LogP contribution in [0.1, 0.15) is 210 Å². The van der Waals surface area contributed by atoms with E-state index in [-0.39, 0.29) is 164 Å². The summed E-state index contributed by atoms with van der Waals surface area (Å²) in [5, 5.41) is 18.7. The molecule has 564 valence electrons. The zero-order valence-corrected chi connectivity index (χ0v) is 63.9. The van der Waals surface area contributed by atoms with Crippen LogP contribution in [0.25, 0.3) is 0 Å². The lowest BCUT2D eigenvalue weighted by molar-refractivity contribution is -0.145. The van der Waals surface area contributed by atoms with Crippen molar-refractivity contribution in [1.82, 2.24) is 30.2 Å². The molecule has 23 nitrogen and oxygen atoms in total. The molecule has 2 aliphatic rings. The summed E-state index contributed by atoms with van der Waals surface area (Å²) in [5.74, 6) is -2.99. The number of nitrogens with two attached hydrogens (primary N) is 1. The SMILES string of the molecule is CCC(=O)N1CCC[C@H]1[C@H](OC)[C@@H](C)C(=O)C[C@H](C)[C@@H](O)c1ccccc1.CCOC(=O)N(C)[C@H](C(=O)C[C@H](C(=O)N(C)[C@@H]([C@@H](C)CC)[C@@H](CC)OC)C(C)C)C(C)C.Cc1ccc(NC(=O)[C@H](CCCNC(N)=O)CC(=O)[C@@H](NC(=O)CCCCCN2C(=O)CC(C)C2=O)C(C)C)cc1. The van der Waals surface area contributed by atoms with E-state index in [0.717, 1.165) is 43.4 Å². The van der Waals surface area contributed by atoms with Gasteiger partial charge in [-0.25, -0.2) is 9.59 Å². The van der Waals surface area contributed by atoms with Crippen molar-refractivity contribution < 1.29 is 72.1 Å². The van der Waals surface area contributed by atoms with Gasteiger partial charge in [-0.2, -0.15) is 0 Å². The molecule has 0 bridgehead atoms. The number of methoxy groups -OCH3 is 2. The normalized spacial score (nSPS) is 17.8. The molecule has 2 saturated heterocycles. The van der Waals surface area contributed by atoms with Crippen molar-refractivity contribution in [2.24, 2.45) is 59.0 Å². The molecule has 0 radical (unpaired) electrons. The van der Waals surface area contributed by atoms with Crippen LogP contribution < -0.4 is 21.7 Å². The molecule has 0 saturated carbocycles. The quantitative estimate of drug-likeness (QED) is 0.0306. The van der Waals surface area contributed by atoms with E-state index in [4.69, 9.17) is 19.9 Å². The van der Waals surface area contributed by atoms with E-state index in [1.165, 1.54) is 9.80 Å². The maximum atomic E-state index is 13.6. The maximum Gasteiger partial charge on any atom is 0.410 e. The molecular formula is C77H126N8O15. The lowest BCUT2D eigenvalue weighted by atomic mass is 9.83. The van der Waals surface area contributed by atoms with Crippen LogP contribution in [0, 0.1) is 60.2 Å². The van der Waals surface area contributed by atoms with Crippen LogP contribution >= 0.6 is 0 Å². The summed E-state index contributed by atoms with van der Waals surface area (Å²) in [6, 6.07) is 14.6. The predicted molar refractivity (Wildman–Crippen MR) is 389 cm³/mol. The summed E-state index contributed by atoms with van der Waals surface area (Å²) < 4.78 is 16.5. The summed E-state index contributed by atoms with van der Waals surface area (Å²) >= 11 is 0. The average molecular weight is 1400 g/mol. The van der Waals surface area contributed by atoms with Gasteiger partial charge in [-0.15, -0.1) is 0 Å². The summed E-state index contributed by atoms with van der Waals surface area (Å²) in [6.45, 7) is 30.4. The number of primary amides is 1. The summed E-state index contributed by atoms with van der Waals surface area (Å²) in [6.07, 6.45) is 5.85. The van der Waals surface area contributed by atoms with Gasteiger partial charge in [0.15, 0.2) is 11.6 Å². The first-order valence-electron chi connectivity index (χ1n) is 36.5. The Labute approximate surface area is 597 Å². The zero-order chi connectivity index (χ0) is 75.7. The Balaban J connectivity index is 0.000000522. The van der Waals surface area contributed by atoms with Crippen molar-refractivity contribution in [2.45, 2.75) is 243 Å². The van der Waals surface area contributed by atoms with E-state index in [1.807, 2.05) is 124 Å². The van der Waals surface area contributed by atoms with Gasteiger partial charge in [0.2, 0.25) is 35.4 Å². The number of hydrogen-bond acceptors (Lipinski definition) is 15. The topological polar surface area (TPSA) is 311 Å². The minimum absolute atomic E-state index is 0.0187. The van der Waals surface area contributed by atoms with Crippen molar-refractivity contribution in [3.63, 3.8) is 0 Å². The van der Waals surface area contributed by atoms with E-state index < -0.39 is 42.1 Å². The first-order chi connectivity index (χ1) is 47.2. The number of likely N-dealkylation sites (tertiary alicyclic amines) is 2. The van der Waals surface area contributed by atoms with Crippen LogP contribution in [-0.4, -0.2) is 181 Å². The Morgan fingerprint density at radius 2 is 1.37 bits per heavy atom. The fourth-order valence-electron chi connectivity index (χ4n) is 13.4. The summed E-state index contributed by atoms with van der Waals surface area (Å²) in [5.41, 5.74) is 7.62. The van der Waals surface area contributed by atoms with Gasteiger partial charge in [0.1, 0.15) is 5.78 Å². The van der Waals surface area contributed by atoms with Gasteiger partial charge in [-0.1, -0.05) is 151 Å². The minimum Gasteiger partial charge on any atom is -0.450 e. The minimum atomic E-state index is -0.748. The molecular weight excluding hydrogens is 1280 g/mol. The largest absolute Gasteiger partial charge is 0.450 e. The molecule has 4 rings (SSSR count). The number of unbranched alkanes of at least 4 members (excludes halogenated alkanes) is 2. The molecule has 0 aromatic heterocycles. The predicted octanol–water partition coefficient (Wildman–Crippen LogP) is 11.0. The van der Waals surface area contributed by atoms with Crippen molar-refractivity contribution in [3.05, 3.63) is 65.7 Å². The molecule has 13 atom stereocenters. The number of carbonyl (C=O) groups excluding carboxylic acids is 11. The van der Waals surface area contributed by atoms with Crippen molar-refractivity contribution in [2.75, 3.05) is 59.9 Å². The lowest BCUT2D eigenvalue weighted by Gasteiger charge is -2.40. The summed E-state index contributed by atoms with van der Waals surface area (Å²) in [4.78, 5) is 145. The van der Waals surface area contributed by atoms with E-state index in [9.17, 15) is 57.8 Å². The molecule has 100 heavy (non-hydrogen) atoms. The number of aliphatic hydroxyl groups is 1. The number of Topliss-reactive ketones (excluding diaryl/α,β-unsaturated/α-hetero) is 3. The van der Waals surface area contributed by atoms with Gasteiger partial charge >= 0.3 is 12.1 Å². The van der Waals surface area contributed by atoms with Gasteiger partial charge < -0.3 is 55.7 Å². The van der Waals surface area contributed by atoms with Crippen LogP contribution in [0.3, 0.4) is 0 Å². The van der Waals surface area contributed by atoms with Gasteiger partial charge in [-0.3, -0.25) is 48.1 Å². The number of hydrogen-bond donors (Lipinski definition) is 5. The van der Waals surface area contributed by atoms with Crippen molar-refractivity contribution in [1.29, 1.82) is 0 Å². The lowest BCUT2D eigenvalue weighted by Crippen LogP contribution is -2.52. The maximum absolute atomic E-state index is 13.6. The van der Waals surface area contributed by atoms with Crippen molar-refractivity contribution >= 4 is 70.6 Å². The van der Waals surface area contributed by atoms with Crippen LogP contribution in [-0.2, 0) is 57.4 Å². The Morgan fingerprint density at radius 1 is 0.730 bits per heavy atom. The molecule has 0 spiro atoms. The van der Waals surface area contributed by atoms with Gasteiger partial charge in [0, 0.05) is 116 Å². The Morgan fingerprint density at radius 3 is 1.89 bits per heavy atom. The molecule has 6 N–H and O–H groups in total. The molecule has 1 unspecified atom stereocenters. The number of nitrogens with zero attached hydrogens (tertiary/aromatic N) is 4. The molecule has 0 aliphatic carbocycles. The molecule has 2 aliphatic heterocycles. The van der Waals surface area contributed by atoms with E-state index in [0.29, 0.717) is 50.8 Å². The monoisotopic (exact) mass is 1400 g/mol. The van der Waals surface area contributed by atoms with Gasteiger partial charge in [0.05, 0.1) is 49.1 Å². The third-order valence-corrected chi connectivity index (χ3v) is 19.6. The smallest absolute Gasteiger partial charge is 0.410 e. The van der Waals surface area contributed by atoms with Crippen LogP contribution in [0.4, 0.5) is 15.3 Å². The number of aryl methyl sites for hydroxylation is 1. The number of urea groups is 1. The first-order valence-corrected chi connectivity index (χ1v) is 36.5. The number of carbonyl (C=O) groups is 11. The number of benzene rings is 2. The molecule has 9 amide bonds. The fourth-order valence-corrected chi connectivity index (χ4v) is 13.4. The van der Waals surface area contributed by atoms with Crippen LogP contribution in [0.5, 0.6) is 0 Å². The number of imide groups is 1. The van der Waals surface area contributed by atoms with Gasteiger partial charge in [-0.05, 0) is 106 Å².